The van der Waals surface area contributed by atoms with E-state index in [0.29, 0.717) is 13.2 Å². The summed E-state index contributed by atoms with van der Waals surface area (Å²) in [7, 11) is 1.38. The first-order chi connectivity index (χ1) is 10.7. The lowest BCUT2D eigenvalue weighted by atomic mass is 10.1. The number of rotatable bonds is 6. The van der Waals surface area contributed by atoms with E-state index in [2.05, 4.69) is 5.32 Å². The predicted octanol–water partition coefficient (Wildman–Crippen LogP) is 3.16. The summed E-state index contributed by atoms with van der Waals surface area (Å²) >= 11 is 0. The Balaban J connectivity index is 2.05. The summed E-state index contributed by atoms with van der Waals surface area (Å²) < 4.78 is 23.9. The second kappa shape index (κ2) is 7.45. The molecule has 1 amide bonds. The quantitative estimate of drug-likeness (QED) is 0.891. The molecule has 0 aliphatic rings. The van der Waals surface area contributed by atoms with Crippen LogP contribution in [-0.2, 0) is 6.54 Å². The van der Waals surface area contributed by atoms with Gasteiger partial charge >= 0.3 is 0 Å². The van der Waals surface area contributed by atoms with E-state index in [-0.39, 0.29) is 17.2 Å². The fourth-order valence-corrected chi connectivity index (χ4v) is 2.03. The normalized spacial score (nSPS) is 10.1. The SMILES string of the molecule is CCOc1ccccc1CNC(=O)c1ccc(OC)c(F)c1. The van der Waals surface area contributed by atoms with E-state index in [4.69, 9.17) is 9.47 Å². The minimum absolute atomic E-state index is 0.109. The number of amides is 1. The van der Waals surface area contributed by atoms with Gasteiger partial charge in [0.1, 0.15) is 5.75 Å². The second-order valence-corrected chi connectivity index (χ2v) is 4.57. The van der Waals surface area contributed by atoms with Crippen molar-refractivity contribution in [2.45, 2.75) is 13.5 Å². The van der Waals surface area contributed by atoms with Crippen molar-refractivity contribution >= 4 is 5.91 Å². The highest BCUT2D eigenvalue weighted by atomic mass is 19.1. The van der Waals surface area contributed by atoms with Gasteiger partial charge in [-0.1, -0.05) is 18.2 Å². The van der Waals surface area contributed by atoms with E-state index >= 15 is 0 Å². The number of benzene rings is 2. The lowest BCUT2D eigenvalue weighted by Crippen LogP contribution is -2.23. The van der Waals surface area contributed by atoms with E-state index in [9.17, 15) is 9.18 Å². The summed E-state index contributed by atoms with van der Waals surface area (Å²) in [6, 6.07) is 11.6. The largest absolute Gasteiger partial charge is 0.494 e. The van der Waals surface area contributed by atoms with Gasteiger partial charge in [-0.15, -0.1) is 0 Å². The fraction of sp³-hybridized carbons (Fsp3) is 0.235. The minimum Gasteiger partial charge on any atom is -0.494 e. The molecular weight excluding hydrogens is 285 g/mol. The zero-order chi connectivity index (χ0) is 15.9. The summed E-state index contributed by atoms with van der Waals surface area (Å²) in [4.78, 5) is 12.1. The highest BCUT2D eigenvalue weighted by Crippen LogP contribution is 2.19. The highest BCUT2D eigenvalue weighted by Gasteiger charge is 2.11. The molecule has 0 aliphatic carbocycles. The summed E-state index contributed by atoms with van der Waals surface area (Å²) in [6.45, 7) is 2.76. The molecule has 1 N–H and O–H groups in total. The molecule has 0 heterocycles. The zero-order valence-electron chi connectivity index (χ0n) is 12.6. The molecule has 2 aromatic rings. The number of hydrogen-bond donors (Lipinski definition) is 1. The average molecular weight is 303 g/mol. The highest BCUT2D eigenvalue weighted by molar-refractivity contribution is 5.94. The Hall–Kier alpha value is -2.56. The second-order valence-electron chi connectivity index (χ2n) is 4.57. The maximum Gasteiger partial charge on any atom is 0.251 e. The minimum atomic E-state index is -0.565. The van der Waals surface area contributed by atoms with Crippen LogP contribution in [0, 0.1) is 5.82 Å². The average Bonchev–Trinajstić information content (AvgIpc) is 2.54. The van der Waals surface area contributed by atoms with Gasteiger partial charge < -0.3 is 14.8 Å². The molecule has 0 aromatic heterocycles. The van der Waals surface area contributed by atoms with Gasteiger partial charge in [-0.3, -0.25) is 4.79 Å². The van der Waals surface area contributed by atoms with Gasteiger partial charge in [-0.05, 0) is 31.2 Å². The molecule has 0 aliphatic heterocycles. The summed E-state index contributed by atoms with van der Waals surface area (Å²) in [5, 5.41) is 2.75. The number of para-hydroxylation sites is 1. The fourth-order valence-electron chi connectivity index (χ4n) is 2.03. The first-order valence-corrected chi connectivity index (χ1v) is 6.98. The van der Waals surface area contributed by atoms with E-state index in [0.717, 1.165) is 17.4 Å². The van der Waals surface area contributed by atoms with Crippen LogP contribution in [0.5, 0.6) is 11.5 Å². The summed E-state index contributed by atoms with van der Waals surface area (Å²) in [6.07, 6.45) is 0. The Morgan fingerprint density at radius 2 is 1.95 bits per heavy atom. The topological polar surface area (TPSA) is 47.6 Å². The molecule has 0 unspecified atom stereocenters. The van der Waals surface area contributed by atoms with Gasteiger partial charge in [0.25, 0.3) is 5.91 Å². The molecule has 0 spiro atoms. The van der Waals surface area contributed by atoms with Crippen LogP contribution in [0.2, 0.25) is 0 Å². The molecule has 4 nitrogen and oxygen atoms in total. The van der Waals surface area contributed by atoms with Crippen LogP contribution in [0.3, 0.4) is 0 Å². The van der Waals surface area contributed by atoms with E-state index in [1.165, 1.54) is 19.2 Å². The van der Waals surface area contributed by atoms with Crippen molar-refractivity contribution in [1.29, 1.82) is 0 Å². The van der Waals surface area contributed by atoms with E-state index < -0.39 is 5.82 Å². The predicted molar refractivity (Wildman–Crippen MR) is 81.7 cm³/mol. The molecule has 116 valence electrons. The molecule has 0 saturated carbocycles. The van der Waals surface area contributed by atoms with Gasteiger partial charge in [0.15, 0.2) is 11.6 Å². The Labute approximate surface area is 128 Å². The number of hydrogen-bond acceptors (Lipinski definition) is 3. The lowest BCUT2D eigenvalue weighted by Gasteiger charge is -2.11. The van der Waals surface area contributed by atoms with Crippen molar-refractivity contribution in [2.75, 3.05) is 13.7 Å². The standard InChI is InChI=1S/C17H18FNO3/c1-3-22-15-7-5-4-6-13(15)11-19-17(20)12-8-9-16(21-2)14(18)10-12/h4-10H,3,11H2,1-2H3,(H,19,20). The zero-order valence-corrected chi connectivity index (χ0v) is 12.6. The van der Waals surface area contributed by atoms with Crippen LogP contribution < -0.4 is 14.8 Å². The number of methoxy groups -OCH3 is 1. The van der Waals surface area contributed by atoms with Crippen molar-refractivity contribution < 1.29 is 18.7 Å². The van der Waals surface area contributed by atoms with Crippen LogP contribution >= 0.6 is 0 Å². The monoisotopic (exact) mass is 303 g/mol. The first kappa shape index (κ1) is 15.8. The van der Waals surface area contributed by atoms with Crippen LogP contribution in [0.15, 0.2) is 42.5 Å². The van der Waals surface area contributed by atoms with E-state index in [1.54, 1.807) is 0 Å². The Morgan fingerprint density at radius 1 is 1.18 bits per heavy atom. The van der Waals surface area contributed by atoms with Crippen molar-refractivity contribution in [3.05, 3.63) is 59.4 Å². The molecule has 2 aromatic carbocycles. The maximum absolute atomic E-state index is 13.6. The molecule has 0 bridgehead atoms. The van der Waals surface area contributed by atoms with Crippen molar-refractivity contribution in [2.24, 2.45) is 0 Å². The van der Waals surface area contributed by atoms with Crippen molar-refractivity contribution in [3.8, 4) is 11.5 Å². The molecule has 2 rings (SSSR count). The number of carbonyl (C=O) groups excluding carboxylic acids is 1. The Morgan fingerprint density at radius 3 is 2.64 bits per heavy atom. The molecule has 0 fully saturated rings. The lowest BCUT2D eigenvalue weighted by molar-refractivity contribution is 0.0950. The summed E-state index contributed by atoms with van der Waals surface area (Å²) in [5.74, 6) is -0.0813. The molecular formula is C17H18FNO3. The van der Waals surface area contributed by atoms with Crippen molar-refractivity contribution in [3.63, 3.8) is 0 Å². The van der Waals surface area contributed by atoms with Crippen LogP contribution in [-0.4, -0.2) is 19.6 Å². The third-order valence-corrected chi connectivity index (χ3v) is 3.13. The molecule has 0 radical (unpaired) electrons. The van der Waals surface area contributed by atoms with Gasteiger partial charge in [-0.25, -0.2) is 4.39 Å². The Bertz CT molecular complexity index is 658. The number of halogens is 1. The smallest absolute Gasteiger partial charge is 0.251 e. The molecule has 0 saturated heterocycles. The molecule has 5 heteroatoms. The van der Waals surface area contributed by atoms with Gasteiger partial charge in [0.2, 0.25) is 0 Å². The van der Waals surface area contributed by atoms with Crippen LogP contribution in [0.1, 0.15) is 22.8 Å². The van der Waals surface area contributed by atoms with Gasteiger partial charge in [-0.2, -0.15) is 0 Å². The number of ether oxygens (including phenoxy) is 2. The Kier molecular flexibility index (Phi) is 5.36. The summed E-state index contributed by atoms with van der Waals surface area (Å²) in [5.41, 5.74) is 1.11. The van der Waals surface area contributed by atoms with Gasteiger partial charge in [0.05, 0.1) is 13.7 Å². The van der Waals surface area contributed by atoms with Crippen molar-refractivity contribution in [1.82, 2.24) is 5.32 Å². The van der Waals surface area contributed by atoms with E-state index in [1.807, 2.05) is 31.2 Å². The third-order valence-electron chi connectivity index (χ3n) is 3.13. The van der Waals surface area contributed by atoms with Crippen LogP contribution in [0.4, 0.5) is 4.39 Å². The molecule has 0 atom stereocenters. The number of carbonyl (C=O) groups is 1. The van der Waals surface area contributed by atoms with Crippen LogP contribution in [0.25, 0.3) is 0 Å². The maximum atomic E-state index is 13.6. The van der Waals surface area contributed by atoms with Gasteiger partial charge in [0, 0.05) is 17.7 Å². The molecule has 22 heavy (non-hydrogen) atoms. The first-order valence-electron chi connectivity index (χ1n) is 6.98. The number of nitrogens with one attached hydrogen (secondary N) is 1. The third kappa shape index (κ3) is 3.75.